The molecule has 32 heavy (non-hydrogen) atoms. The topological polar surface area (TPSA) is 18.5 Å². The maximum Gasteiger partial charge on any atom is 0.119 e. The molecule has 170 valence electrons. The van der Waals surface area contributed by atoms with Crippen molar-refractivity contribution < 1.29 is 9.47 Å². The number of hydrogen-bond donors (Lipinski definition) is 0. The van der Waals surface area contributed by atoms with Crippen LogP contribution >= 0.6 is 0 Å². The van der Waals surface area contributed by atoms with E-state index in [0.29, 0.717) is 0 Å². The van der Waals surface area contributed by atoms with E-state index in [9.17, 15) is 0 Å². The second kappa shape index (κ2) is 16.8. The third kappa shape index (κ3) is 11.5. The van der Waals surface area contributed by atoms with Crippen LogP contribution in [0.3, 0.4) is 0 Å². The first-order valence-corrected chi connectivity index (χ1v) is 12.2. The molecule has 0 N–H and O–H groups in total. The van der Waals surface area contributed by atoms with Crippen LogP contribution in [-0.2, 0) is 0 Å². The van der Waals surface area contributed by atoms with Gasteiger partial charge >= 0.3 is 0 Å². The molecule has 2 heteroatoms. The molecule has 0 heterocycles. The fourth-order valence-electron chi connectivity index (χ4n) is 3.07. The van der Waals surface area contributed by atoms with Gasteiger partial charge in [0.15, 0.2) is 0 Å². The van der Waals surface area contributed by atoms with Gasteiger partial charge in [0.25, 0.3) is 0 Å². The first-order chi connectivity index (χ1) is 15.8. The molecular weight excluding hydrogens is 392 g/mol. The van der Waals surface area contributed by atoms with Crippen LogP contribution in [0, 0.1) is 23.7 Å². The van der Waals surface area contributed by atoms with Gasteiger partial charge in [-0.25, -0.2) is 0 Å². The summed E-state index contributed by atoms with van der Waals surface area (Å²) in [5.41, 5.74) is 2.12. The van der Waals surface area contributed by atoms with Gasteiger partial charge < -0.3 is 9.47 Å². The summed E-state index contributed by atoms with van der Waals surface area (Å²) >= 11 is 0. The molecule has 0 saturated heterocycles. The summed E-state index contributed by atoms with van der Waals surface area (Å²) < 4.78 is 11.7. The van der Waals surface area contributed by atoms with Crippen molar-refractivity contribution in [3.05, 3.63) is 59.7 Å². The molecule has 2 rings (SSSR count). The minimum Gasteiger partial charge on any atom is -0.494 e. The normalized spacial score (nSPS) is 9.94. The predicted molar refractivity (Wildman–Crippen MR) is 135 cm³/mol. The Bertz CT molecular complexity index is 782. The van der Waals surface area contributed by atoms with Gasteiger partial charge in [-0.3, -0.25) is 0 Å². The van der Waals surface area contributed by atoms with Crippen molar-refractivity contribution in [2.75, 3.05) is 13.2 Å². The Morgan fingerprint density at radius 2 is 0.938 bits per heavy atom. The Morgan fingerprint density at radius 1 is 0.531 bits per heavy atom. The zero-order valence-corrected chi connectivity index (χ0v) is 19.9. The number of unbranched alkanes of at least 4 members (excludes halogenated alkanes) is 7. The monoisotopic (exact) mass is 430 g/mol. The van der Waals surface area contributed by atoms with Crippen molar-refractivity contribution in [3.8, 4) is 35.2 Å². The van der Waals surface area contributed by atoms with E-state index in [2.05, 4.69) is 37.5 Å². The lowest BCUT2D eigenvalue weighted by molar-refractivity contribution is 0.287. The lowest BCUT2D eigenvalue weighted by atomic mass is 10.2. The van der Waals surface area contributed by atoms with Crippen LogP contribution in [0.15, 0.2) is 48.5 Å². The molecule has 0 atom stereocenters. The largest absolute Gasteiger partial charge is 0.494 e. The summed E-state index contributed by atoms with van der Waals surface area (Å²) in [5.74, 6) is 14.7. The molecule has 0 bridgehead atoms. The van der Waals surface area contributed by atoms with Crippen molar-refractivity contribution in [2.24, 2.45) is 0 Å². The Balaban J connectivity index is 1.51. The predicted octanol–water partition coefficient (Wildman–Crippen LogP) is 7.79. The van der Waals surface area contributed by atoms with Gasteiger partial charge in [-0.15, -0.1) is 0 Å². The van der Waals surface area contributed by atoms with E-state index in [0.717, 1.165) is 74.4 Å². The molecule has 0 aliphatic heterocycles. The molecule has 0 aliphatic rings. The van der Waals surface area contributed by atoms with Crippen LogP contribution in [0.25, 0.3) is 0 Å². The summed E-state index contributed by atoms with van der Waals surface area (Å²) in [6, 6.07) is 16.2. The van der Waals surface area contributed by atoms with Gasteiger partial charge in [0.1, 0.15) is 11.5 Å². The van der Waals surface area contributed by atoms with E-state index in [1.807, 2.05) is 48.5 Å². The zero-order valence-electron chi connectivity index (χ0n) is 19.9. The molecule has 0 aliphatic carbocycles. The van der Waals surface area contributed by atoms with Crippen molar-refractivity contribution in [2.45, 2.75) is 78.1 Å². The third-order valence-corrected chi connectivity index (χ3v) is 5.06. The van der Waals surface area contributed by atoms with Crippen LogP contribution in [0.5, 0.6) is 11.5 Å². The minimum atomic E-state index is 0.753. The highest BCUT2D eigenvalue weighted by atomic mass is 16.5. The van der Waals surface area contributed by atoms with E-state index in [1.165, 1.54) is 25.7 Å². The van der Waals surface area contributed by atoms with Gasteiger partial charge in [0, 0.05) is 24.0 Å². The Hall–Kier alpha value is -2.84. The second-order valence-corrected chi connectivity index (χ2v) is 7.97. The molecule has 0 amide bonds. The fourth-order valence-corrected chi connectivity index (χ4v) is 3.07. The maximum absolute atomic E-state index is 5.84. The van der Waals surface area contributed by atoms with Gasteiger partial charge in [-0.1, -0.05) is 50.4 Å². The van der Waals surface area contributed by atoms with E-state index >= 15 is 0 Å². The van der Waals surface area contributed by atoms with E-state index in [1.54, 1.807) is 0 Å². The van der Waals surface area contributed by atoms with Crippen molar-refractivity contribution in [1.29, 1.82) is 0 Å². The minimum absolute atomic E-state index is 0.753. The average molecular weight is 431 g/mol. The van der Waals surface area contributed by atoms with E-state index < -0.39 is 0 Å². The molecule has 2 nitrogen and oxygen atoms in total. The molecule has 2 aromatic carbocycles. The van der Waals surface area contributed by atoms with E-state index in [-0.39, 0.29) is 0 Å². The fraction of sp³-hybridized carbons (Fsp3) is 0.467. The van der Waals surface area contributed by atoms with Gasteiger partial charge in [0.2, 0.25) is 0 Å². The lowest BCUT2D eigenvalue weighted by Crippen LogP contribution is -2.00. The number of rotatable bonds is 13. The quantitative estimate of drug-likeness (QED) is 0.238. The SMILES string of the molecule is CCCCC#Cc1ccc(OCCCCCCOc2ccc(C#CCCCC)cc2)cc1. The molecule has 0 saturated carbocycles. The lowest BCUT2D eigenvalue weighted by Gasteiger charge is -2.07. The standard InChI is InChI=1S/C30H38O2/c1-3-5-7-11-15-27-17-21-29(22-18-27)31-25-13-9-10-14-26-32-30-23-19-28(20-24-30)16-12-8-6-4-2/h17-24H,3-10,13-14,25-26H2,1-2H3. The average Bonchev–Trinajstić information content (AvgIpc) is 2.83. The molecule has 0 unspecified atom stereocenters. The number of benzene rings is 2. The molecule has 2 aromatic rings. The van der Waals surface area contributed by atoms with Gasteiger partial charge in [0.05, 0.1) is 13.2 Å². The molecular formula is C30H38O2. The van der Waals surface area contributed by atoms with Gasteiger partial charge in [-0.05, 0) is 87.1 Å². The maximum atomic E-state index is 5.84. The smallest absolute Gasteiger partial charge is 0.119 e. The van der Waals surface area contributed by atoms with Crippen molar-refractivity contribution in [3.63, 3.8) is 0 Å². The van der Waals surface area contributed by atoms with Crippen molar-refractivity contribution >= 4 is 0 Å². The van der Waals surface area contributed by atoms with Crippen LogP contribution in [0.2, 0.25) is 0 Å². The van der Waals surface area contributed by atoms with Crippen LogP contribution in [0.4, 0.5) is 0 Å². The van der Waals surface area contributed by atoms with Crippen LogP contribution in [-0.4, -0.2) is 13.2 Å². The summed E-state index contributed by atoms with van der Waals surface area (Å²) in [6.07, 6.45) is 11.1. The van der Waals surface area contributed by atoms with Gasteiger partial charge in [-0.2, -0.15) is 0 Å². The summed E-state index contributed by atoms with van der Waals surface area (Å²) in [6.45, 7) is 5.88. The number of hydrogen-bond acceptors (Lipinski definition) is 2. The first-order valence-electron chi connectivity index (χ1n) is 12.2. The third-order valence-electron chi connectivity index (χ3n) is 5.06. The Kier molecular flexibility index (Phi) is 13.3. The van der Waals surface area contributed by atoms with Crippen LogP contribution < -0.4 is 9.47 Å². The Labute approximate surface area is 195 Å². The van der Waals surface area contributed by atoms with Crippen LogP contribution in [0.1, 0.15) is 89.2 Å². The summed E-state index contributed by atoms with van der Waals surface area (Å²) in [5, 5.41) is 0. The second-order valence-electron chi connectivity index (χ2n) is 7.97. The molecule has 0 aromatic heterocycles. The summed E-state index contributed by atoms with van der Waals surface area (Å²) in [7, 11) is 0. The van der Waals surface area contributed by atoms with E-state index in [4.69, 9.17) is 9.47 Å². The van der Waals surface area contributed by atoms with Crippen molar-refractivity contribution in [1.82, 2.24) is 0 Å². The Morgan fingerprint density at radius 3 is 1.31 bits per heavy atom. The molecule has 0 spiro atoms. The highest BCUT2D eigenvalue weighted by Gasteiger charge is 1.97. The molecule has 0 radical (unpaired) electrons. The summed E-state index contributed by atoms with van der Waals surface area (Å²) in [4.78, 5) is 0. The first kappa shape index (κ1) is 25.4. The zero-order chi connectivity index (χ0) is 22.7. The highest BCUT2D eigenvalue weighted by molar-refractivity contribution is 5.39. The molecule has 0 fully saturated rings. The highest BCUT2D eigenvalue weighted by Crippen LogP contribution is 2.14. The number of ether oxygens (including phenoxy) is 2.